The van der Waals surface area contributed by atoms with Crippen LogP contribution in [0.3, 0.4) is 0 Å². The number of carbonyl (C=O) groups excluding carboxylic acids is 2. The van der Waals surface area contributed by atoms with Gasteiger partial charge in [-0.1, -0.05) is 6.07 Å². The topological polar surface area (TPSA) is 78.4 Å². The van der Waals surface area contributed by atoms with Crippen LogP contribution >= 0.6 is 15.9 Å². The standard InChI is InChI=1S/C17H16BrFN2O3/c1-10-2-5-14(15(22)8-10)21-16(23)6-7-20-17(24)12-9-11(19)3-4-13(12)18/h2-5,8-9,22H,6-7H2,1H3,(H,20,24)(H,21,23). The number of hydrogen-bond donors (Lipinski definition) is 3. The molecule has 0 unspecified atom stereocenters. The Kier molecular flexibility index (Phi) is 5.92. The third-order valence-corrected chi connectivity index (χ3v) is 3.93. The molecule has 5 nitrogen and oxygen atoms in total. The second-order valence-corrected chi connectivity index (χ2v) is 6.05. The predicted octanol–water partition coefficient (Wildman–Crippen LogP) is 3.36. The van der Waals surface area contributed by atoms with E-state index in [-0.39, 0.29) is 30.2 Å². The summed E-state index contributed by atoms with van der Waals surface area (Å²) in [4.78, 5) is 23.8. The van der Waals surface area contributed by atoms with Crippen molar-refractivity contribution >= 4 is 33.4 Å². The van der Waals surface area contributed by atoms with Gasteiger partial charge in [-0.2, -0.15) is 0 Å². The van der Waals surface area contributed by atoms with Crippen LogP contribution < -0.4 is 10.6 Å². The summed E-state index contributed by atoms with van der Waals surface area (Å²) in [5.74, 6) is -1.37. The summed E-state index contributed by atoms with van der Waals surface area (Å²) >= 11 is 3.18. The van der Waals surface area contributed by atoms with Crippen LogP contribution in [0.5, 0.6) is 5.75 Å². The van der Waals surface area contributed by atoms with Crippen LogP contribution in [0.2, 0.25) is 0 Å². The van der Waals surface area contributed by atoms with Gasteiger partial charge in [0.2, 0.25) is 5.91 Å². The number of halogens is 2. The largest absolute Gasteiger partial charge is 0.506 e. The molecule has 0 aromatic heterocycles. The molecule has 0 heterocycles. The summed E-state index contributed by atoms with van der Waals surface area (Å²) in [5, 5.41) is 14.8. The molecular weight excluding hydrogens is 379 g/mol. The lowest BCUT2D eigenvalue weighted by Crippen LogP contribution is -2.28. The first-order valence-electron chi connectivity index (χ1n) is 7.19. The zero-order chi connectivity index (χ0) is 17.7. The van der Waals surface area contributed by atoms with E-state index in [1.54, 1.807) is 18.2 Å². The van der Waals surface area contributed by atoms with Gasteiger partial charge in [-0.15, -0.1) is 0 Å². The molecule has 0 saturated heterocycles. The maximum Gasteiger partial charge on any atom is 0.252 e. The Bertz CT molecular complexity index is 780. The van der Waals surface area contributed by atoms with Crippen molar-refractivity contribution in [2.75, 3.05) is 11.9 Å². The van der Waals surface area contributed by atoms with Crippen LogP contribution in [0.25, 0.3) is 0 Å². The number of hydrogen-bond acceptors (Lipinski definition) is 3. The maximum atomic E-state index is 13.2. The Morgan fingerprint density at radius 1 is 1.21 bits per heavy atom. The summed E-state index contributed by atoms with van der Waals surface area (Å²) in [6.45, 7) is 1.91. The molecule has 0 saturated carbocycles. The zero-order valence-corrected chi connectivity index (χ0v) is 14.5. The van der Waals surface area contributed by atoms with Crippen molar-refractivity contribution in [3.05, 3.63) is 57.8 Å². The van der Waals surface area contributed by atoms with Crippen LogP contribution in [-0.4, -0.2) is 23.5 Å². The molecule has 0 aliphatic heterocycles. The van der Waals surface area contributed by atoms with E-state index in [2.05, 4.69) is 26.6 Å². The predicted molar refractivity (Wildman–Crippen MR) is 92.5 cm³/mol. The van der Waals surface area contributed by atoms with Crippen molar-refractivity contribution in [3.63, 3.8) is 0 Å². The summed E-state index contributed by atoms with van der Waals surface area (Å²) < 4.78 is 13.6. The molecule has 2 rings (SSSR count). The Labute approximate surface area is 147 Å². The van der Waals surface area contributed by atoms with Crippen molar-refractivity contribution < 1.29 is 19.1 Å². The second kappa shape index (κ2) is 7.92. The molecule has 2 aromatic rings. The highest BCUT2D eigenvalue weighted by atomic mass is 79.9. The maximum absolute atomic E-state index is 13.2. The monoisotopic (exact) mass is 394 g/mol. The Hall–Kier alpha value is -2.41. The van der Waals surface area contributed by atoms with Crippen molar-refractivity contribution in [2.45, 2.75) is 13.3 Å². The number of rotatable bonds is 5. The fourth-order valence-corrected chi connectivity index (χ4v) is 2.44. The molecule has 2 aromatic carbocycles. The molecule has 24 heavy (non-hydrogen) atoms. The smallest absolute Gasteiger partial charge is 0.252 e. The van der Waals surface area contributed by atoms with Gasteiger partial charge in [-0.3, -0.25) is 9.59 Å². The van der Waals surface area contributed by atoms with Gasteiger partial charge in [0, 0.05) is 17.4 Å². The van der Waals surface area contributed by atoms with E-state index in [0.29, 0.717) is 10.2 Å². The minimum absolute atomic E-state index is 0.0175. The van der Waals surface area contributed by atoms with Gasteiger partial charge in [0.25, 0.3) is 5.91 Å². The number of aryl methyl sites for hydroxylation is 1. The molecule has 3 N–H and O–H groups in total. The lowest BCUT2D eigenvalue weighted by molar-refractivity contribution is -0.116. The number of amides is 2. The van der Waals surface area contributed by atoms with Gasteiger partial charge >= 0.3 is 0 Å². The van der Waals surface area contributed by atoms with Crippen molar-refractivity contribution in [1.82, 2.24) is 5.32 Å². The molecule has 0 aliphatic carbocycles. The normalized spacial score (nSPS) is 10.3. The second-order valence-electron chi connectivity index (χ2n) is 5.20. The van der Waals surface area contributed by atoms with Crippen LogP contribution in [0, 0.1) is 12.7 Å². The Balaban J connectivity index is 1.86. The van der Waals surface area contributed by atoms with Crippen molar-refractivity contribution in [3.8, 4) is 5.75 Å². The molecule has 0 spiro atoms. The number of nitrogens with one attached hydrogen (secondary N) is 2. The van der Waals surface area contributed by atoms with E-state index < -0.39 is 11.7 Å². The molecule has 0 bridgehead atoms. The van der Waals surface area contributed by atoms with Gasteiger partial charge in [-0.25, -0.2) is 4.39 Å². The number of phenolic OH excluding ortho intramolecular Hbond substituents is 1. The lowest BCUT2D eigenvalue weighted by Gasteiger charge is -2.09. The number of carbonyl (C=O) groups is 2. The molecule has 0 radical (unpaired) electrons. The summed E-state index contributed by atoms with van der Waals surface area (Å²) in [5.41, 5.74) is 1.34. The third kappa shape index (κ3) is 4.79. The van der Waals surface area contributed by atoms with E-state index >= 15 is 0 Å². The molecule has 126 valence electrons. The van der Waals surface area contributed by atoms with Gasteiger partial charge in [0.1, 0.15) is 11.6 Å². The van der Waals surface area contributed by atoms with Crippen LogP contribution in [0.15, 0.2) is 40.9 Å². The van der Waals surface area contributed by atoms with E-state index in [9.17, 15) is 19.1 Å². The SMILES string of the molecule is Cc1ccc(NC(=O)CCNC(=O)c2cc(F)ccc2Br)c(O)c1. The van der Waals surface area contributed by atoms with Crippen LogP contribution in [0.4, 0.5) is 10.1 Å². The van der Waals surface area contributed by atoms with E-state index in [4.69, 9.17) is 0 Å². The molecule has 0 atom stereocenters. The summed E-state index contributed by atoms with van der Waals surface area (Å²) in [6.07, 6.45) is 0.0198. The van der Waals surface area contributed by atoms with Crippen LogP contribution in [0.1, 0.15) is 22.3 Å². The number of aromatic hydroxyl groups is 1. The summed E-state index contributed by atoms with van der Waals surface area (Å²) in [7, 11) is 0. The zero-order valence-electron chi connectivity index (χ0n) is 12.9. The number of phenols is 1. The minimum atomic E-state index is -0.518. The fraction of sp³-hybridized carbons (Fsp3) is 0.176. The molecule has 0 aliphatic rings. The third-order valence-electron chi connectivity index (χ3n) is 3.24. The molecule has 2 amide bonds. The van der Waals surface area contributed by atoms with Crippen molar-refractivity contribution in [2.24, 2.45) is 0 Å². The van der Waals surface area contributed by atoms with Gasteiger partial charge < -0.3 is 15.7 Å². The van der Waals surface area contributed by atoms with E-state index in [1.165, 1.54) is 12.1 Å². The van der Waals surface area contributed by atoms with E-state index in [1.807, 2.05) is 6.92 Å². The molecule has 7 heteroatoms. The first-order chi connectivity index (χ1) is 11.4. The van der Waals surface area contributed by atoms with Crippen molar-refractivity contribution in [1.29, 1.82) is 0 Å². The number of benzene rings is 2. The highest BCUT2D eigenvalue weighted by Crippen LogP contribution is 2.23. The van der Waals surface area contributed by atoms with Gasteiger partial charge in [0.05, 0.1) is 11.3 Å². The average Bonchev–Trinajstić information content (AvgIpc) is 2.52. The minimum Gasteiger partial charge on any atom is -0.506 e. The van der Waals surface area contributed by atoms with E-state index in [0.717, 1.165) is 11.6 Å². The van der Waals surface area contributed by atoms with Crippen LogP contribution in [-0.2, 0) is 4.79 Å². The average molecular weight is 395 g/mol. The quantitative estimate of drug-likeness (QED) is 0.680. The van der Waals surface area contributed by atoms with Gasteiger partial charge in [-0.05, 0) is 58.7 Å². The Morgan fingerprint density at radius 3 is 2.67 bits per heavy atom. The molecular formula is C17H16BrFN2O3. The highest BCUT2D eigenvalue weighted by molar-refractivity contribution is 9.10. The van der Waals surface area contributed by atoms with Gasteiger partial charge in [0.15, 0.2) is 0 Å². The lowest BCUT2D eigenvalue weighted by atomic mass is 10.2. The fourth-order valence-electron chi connectivity index (χ4n) is 2.02. The number of anilines is 1. The first-order valence-corrected chi connectivity index (χ1v) is 7.99. The Morgan fingerprint density at radius 2 is 1.96 bits per heavy atom. The summed E-state index contributed by atoms with van der Waals surface area (Å²) in [6, 6.07) is 8.70. The first kappa shape index (κ1) is 17.9. The highest BCUT2D eigenvalue weighted by Gasteiger charge is 2.12. The molecule has 0 fully saturated rings.